The Bertz CT molecular complexity index is 581. The molecule has 1 saturated heterocycles. The number of imidazole rings is 1. The standard InChI is InChI=1S/C13H15ClFN3O/c14-11-2-1-10-13(17-11)18(12(7-15)16-10)8-9-3-5-19-6-4-9/h1-2,9H,3-8H2. The normalized spacial score (nSPS) is 17.2. The molecule has 102 valence electrons. The van der Waals surface area contributed by atoms with Crippen LogP contribution in [0.1, 0.15) is 18.7 Å². The summed E-state index contributed by atoms with van der Waals surface area (Å²) >= 11 is 5.92. The van der Waals surface area contributed by atoms with Crippen LogP contribution in [0.2, 0.25) is 5.15 Å². The minimum atomic E-state index is -0.586. The maximum Gasteiger partial charge on any atom is 0.161 e. The molecule has 4 nitrogen and oxygen atoms in total. The van der Waals surface area contributed by atoms with Crippen LogP contribution in [0.3, 0.4) is 0 Å². The van der Waals surface area contributed by atoms with E-state index < -0.39 is 6.67 Å². The van der Waals surface area contributed by atoms with Crippen LogP contribution in [0.15, 0.2) is 12.1 Å². The van der Waals surface area contributed by atoms with E-state index >= 15 is 0 Å². The molecule has 0 bridgehead atoms. The highest BCUT2D eigenvalue weighted by Gasteiger charge is 2.19. The van der Waals surface area contributed by atoms with Crippen LogP contribution >= 0.6 is 11.6 Å². The summed E-state index contributed by atoms with van der Waals surface area (Å²) in [6.07, 6.45) is 1.98. The molecule has 0 aromatic carbocycles. The summed E-state index contributed by atoms with van der Waals surface area (Å²) in [6.45, 7) is 1.69. The summed E-state index contributed by atoms with van der Waals surface area (Å²) in [5.74, 6) is 0.911. The van der Waals surface area contributed by atoms with Crippen LogP contribution in [-0.2, 0) is 18.0 Å². The van der Waals surface area contributed by atoms with Crippen molar-refractivity contribution in [2.24, 2.45) is 5.92 Å². The zero-order valence-corrected chi connectivity index (χ0v) is 11.2. The number of aromatic nitrogens is 3. The van der Waals surface area contributed by atoms with Crippen molar-refractivity contribution in [1.29, 1.82) is 0 Å². The average molecular weight is 284 g/mol. The number of hydrogen-bond donors (Lipinski definition) is 0. The number of ether oxygens (including phenoxy) is 1. The fourth-order valence-corrected chi connectivity index (χ4v) is 2.65. The molecule has 6 heteroatoms. The Kier molecular flexibility index (Phi) is 3.66. The molecular formula is C13H15ClFN3O. The molecule has 0 unspecified atom stereocenters. The highest BCUT2D eigenvalue weighted by atomic mass is 35.5. The number of rotatable bonds is 3. The van der Waals surface area contributed by atoms with Gasteiger partial charge in [0.25, 0.3) is 0 Å². The lowest BCUT2D eigenvalue weighted by atomic mass is 10.0. The summed E-state index contributed by atoms with van der Waals surface area (Å²) < 4.78 is 20.3. The second-order valence-electron chi connectivity index (χ2n) is 4.80. The van der Waals surface area contributed by atoms with Gasteiger partial charge in [-0.05, 0) is 30.9 Å². The van der Waals surface area contributed by atoms with Gasteiger partial charge in [0.05, 0.1) is 0 Å². The van der Waals surface area contributed by atoms with E-state index in [2.05, 4.69) is 9.97 Å². The maximum absolute atomic E-state index is 13.1. The average Bonchev–Trinajstić information content (AvgIpc) is 2.78. The van der Waals surface area contributed by atoms with Gasteiger partial charge in [-0.3, -0.25) is 0 Å². The van der Waals surface area contributed by atoms with Crippen molar-refractivity contribution >= 4 is 22.8 Å². The minimum Gasteiger partial charge on any atom is -0.381 e. The third-order valence-corrected chi connectivity index (χ3v) is 3.75. The lowest BCUT2D eigenvalue weighted by Gasteiger charge is -2.23. The molecule has 2 aromatic rings. The molecule has 0 aliphatic carbocycles. The second-order valence-corrected chi connectivity index (χ2v) is 5.19. The minimum absolute atomic E-state index is 0.408. The van der Waals surface area contributed by atoms with Crippen molar-refractivity contribution in [2.45, 2.75) is 26.1 Å². The molecule has 1 fully saturated rings. The number of pyridine rings is 1. The molecule has 0 amide bonds. The largest absolute Gasteiger partial charge is 0.381 e. The van der Waals surface area contributed by atoms with E-state index in [0.29, 0.717) is 28.1 Å². The summed E-state index contributed by atoms with van der Waals surface area (Å²) in [6, 6.07) is 3.46. The Morgan fingerprint density at radius 3 is 2.84 bits per heavy atom. The first-order chi connectivity index (χ1) is 9.28. The number of alkyl halides is 1. The maximum atomic E-state index is 13.1. The monoisotopic (exact) mass is 283 g/mol. The molecule has 2 aromatic heterocycles. The third kappa shape index (κ3) is 2.58. The van der Waals surface area contributed by atoms with Gasteiger partial charge in [0.2, 0.25) is 0 Å². The molecule has 3 heterocycles. The molecule has 0 atom stereocenters. The Morgan fingerprint density at radius 2 is 2.11 bits per heavy atom. The Morgan fingerprint density at radius 1 is 1.32 bits per heavy atom. The van der Waals surface area contributed by atoms with Crippen molar-refractivity contribution in [3.63, 3.8) is 0 Å². The number of fused-ring (bicyclic) bond motifs is 1. The van der Waals surface area contributed by atoms with Crippen LogP contribution in [0.25, 0.3) is 11.2 Å². The predicted octanol–water partition coefficient (Wildman–Crippen LogP) is 2.98. The van der Waals surface area contributed by atoms with Crippen LogP contribution in [-0.4, -0.2) is 27.7 Å². The van der Waals surface area contributed by atoms with Gasteiger partial charge in [-0.2, -0.15) is 0 Å². The van der Waals surface area contributed by atoms with Crippen LogP contribution in [0.5, 0.6) is 0 Å². The van der Waals surface area contributed by atoms with Crippen molar-refractivity contribution in [1.82, 2.24) is 14.5 Å². The zero-order chi connectivity index (χ0) is 13.2. The molecule has 0 spiro atoms. The smallest absolute Gasteiger partial charge is 0.161 e. The Balaban J connectivity index is 1.97. The molecule has 19 heavy (non-hydrogen) atoms. The number of nitrogens with zero attached hydrogens (tertiary/aromatic N) is 3. The van der Waals surface area contributed by atoms with E-state index in [9.17, 15) is 4.39 Å². The van der Waals surface area contributed by atoms with Crippen molar-refractivity contribution in [3.8, 4) is 0 Å². The second kappa shape index (κ2) is 5.43. The van der Waals surface area contributed by atoms with E-state index in [1.165, 1.54) is 0 Å². The first-order valence-electron chi connectivity index (χ1n) is 6.43. The molecule has 1 aliphatic rings. The van der Waals surface area contributed by atoms with Gasteiger partial charge >= 0.3 is 0 Å². The Labute approximate surface area is 115 Å². The van der Waals surface area contributed by atoms with E-state index in [1.54, 1.807) is 12.1 Å². The summed E-state index contributed by atoms with van der Waals surface area (Å²) in [7, 11) is 0. The molecule has 3 rings (SSSR count). The van der Waals surface area contributed by atoms with Crippen LogP contribution < -0.4 is 0 Å². The lowest BCUT2D eigenvalue weighted by Crippen LogP contribution is -2.21. The summed E-state index contributed by atoms with van der Waals surface area (Å²) in [5.41, 5.74) is 1.37. The fourth-order valence-electron chi connectivity index (χ4n) is 2.51. The number of halogens is 2. The highest BCUT2D eigenvalue weighted by Crippen LogP contribution is 2.23. The molecule has 0 radical (unpaired) electrons. The summed E-state index contributed by atoms with van der Waals surface area (Å²) in [5, 5.41) is 0.408. The van der Waals surface area contributed by atoms with Crippen LogP contribution in [0, 0.1) is 5.92 Å². The van der Waals surface area contributed by atoms with Gasteiger partial charge < -0.3 is 9.30 Å². The third-order valence-electron chi connectivity index (χ3n) is 3.54. The van der Waals surface area contributed by atoms with E-state index in [0.717, 1.165) is 32.6 Å². The predicted molar refractivity (Wildman–Crippen MR) is 70.9 cm³/mol. The van der Waals surface area contributed by atoms with E-state index in [1.807, 2.05) is 4.57 Å². The fraction of sp³-hybridized carbons (Fsp3) is 0.538. The van der Waals surface area contributed by atoms with Gasteiger partial charge in [-0.25, -0.2) is 14.4 Å². The van der Waals surface area contributed by atoms with Gasteiger partial charge in [-0.1, -0.05) is 11.6 Å². The van der Waals surface area contributed by atoms with E-state index in [-0.39, 0.29) is 0 Å². The lowest BCUT2D eigenvalue weighted by molar-refractivity contribution is 0.0611. The first kappa shape index (κ1) is 12.8. The first-order valence-corrected chi connectivity index (χ1v) is 6.81. The quantitative estimate of drug-likeness (QED) is 0.813. The van der Waals surface area contributed by atoms with E-state index in [4.69, 9.17) is 16.3 Å². The molecular weight excluding hydrogens is 269 g/mol. The van der Waals surface area contributed by atoms with Gasteiger partial charge in [-0.15, -0.1) is 0 Å². The Hall–Kier alpha value is -1.20. The molecule has 0 N–H and O–H groups in total. The summed E-state index contributed by atoms with van der Waals surface area (Å²) in [4.78, 5) is 8.55. The van der Waals surface area contributed by atoms with Gasteiger partial charge in [0.15, 0.2) is 5.65 Å². The van der Waals surface area contributed by atoms with Gasteiger partial charge in [0, 0.05) is 19.8 Å². The molecule has 1 aliphatic heterocycles. The highest BCUT2D eigenvalue weighted by molar-refractivity contribution is 6.29. The zero-order valence-electron chi connectivity index (χ0n) is 10.5. The van der Waals surface area contributed by atoms with Crippen LogP contribution in [0.4, 0.5) is 4.39 Å². The van der Waals surface area contributed by atoms with Gasteiger partial charge in [0.1, 0.15) is 23.2 Å². The van der Waals surface area contributed by atoms with Crippen molar-refractivity contribution in [3.05, 3.63) is 23.1 Å². The number of hydrogen-bond acceptors (Lipinski definition) is 3. The molecule has 0 saturated carbocycles. The topological polar surface area (TPSA) is 39.9 Å². The van der Waals surface area contributed by atoms with Crippen molar-refractivity contribution in [2.75, 3.05) is 13.2 Å². The van der Waals surface area contributed by atoms with Crippen molar-refractivity contribution < 1.29 is 9.13 Å². The SMILES string of the molecule is FCc1nc2ccc(Cl)nc2n1CC1CCOCC1.